The van der Waals surface area contributed by atoms with Crippen molar-refractivity contribution in [3.8, 4) is 0 Å². The molecule has 86 valence electrons. The molecule has 4 nitrogen and oxygen atoms in total. The molecule has 0 aliphatic rings. The molecule has 1 heterocycles. The van der Waals surface area contributed by atoms with E-state index in [1.807, 2.05) is 31.2 Å². The van der Waals surface area contributed by atoms with Crippen LogP contribution in [-0.4, -0.2) is 15.0 Å². The monoisotopic (exact) mass is 244 g/mol. The van der Waals surface area contributed by atoms with Gasteiger partial charge in [-0.25, -0.2) is 9.97 Å². The summed E-state index contributed by atoms with van der Waals surface area (Å²) in [7, 11) is 0. The summed E-state index contributed by atoms with van der Waals surface area (Å²) in [5.74, 6) is 0.485. The molecule has 0 saturated heterocycles. The summed E-state index contributed by atoms with van der Waals surface area (Å²) in [6, 6.07) is 9.64. The molecule has 2 rings (SSSR count). The lowest BCUT2D eigenvalue weighted by Gasteiger charge is -2.05. The predicted octanol–water partition coefficient (Wildman–Crippen LogP) is 2.16. The van der Waals surface area contributed by atoms with Crippen LogP contribution in [0.1, 0.15) is 11.3 Å². The Labute approximate surface area is 105 Å². The zero-order chi connectivity index (χ0) is 12.3. The van der Waals surface area contributed by atoms with Crippen molar-refractivity contribution in [2.75, 3.05) is 5.32 Å². The number of aromatic nitrogens is 2. The van der Waals surface area contributed by atoms with Gasteiger partial charge in [0.1, 0.15) is 10.7 Å². The Morgan fingerprint density at radius 2 is 1.94 bits per heavy atom. The highest BCUT2D eigenvalue weighted by atomic mass is 32.1. The molecule has 3 N–H and O–H groups in total. The Morgan fingerprint density at radius 1 is 1.24 bits per heavy atom. The van der Waals surface area contributed by atoms with E-state index < -0.39 is 0 Å². The normalized spacial score (nSPS) is 9.94. The highest BCUT2D eigenvalue weighted by Gasteiger charge is 2.01. The number of hydrogen-bond acceptors (Lipinski definition) is 4. The van der Waals surface area contributed by atoms with Gasteiger partial charge in [0.15, 0.2) is 0 Å². The number of benzene rings is 1. The Balaban J connectivity index is 2.21. The minimum atomic E-state index is 0.263. The van der Waals surface area contributed by atoms with Crippen molar-refractivity contribution < 1.29 is 0 Å². The number of aryl methyl sites for hydroxylation is 1. The topological polar surface area (TPSA) is 63.8 Å². The van der Waals surface area contributed by atoms with E-state index in [0.29, 0.717) is 11.6 Å². The van der Waals surface area contributed by atoms with Gasteiger partial charge < -0.3 is 11.1 Å². The van der Waals surface area contributed by atoms with Crippen LogP contribution in [0.4, 0.5) is 11.6 Å². The van der Waals surface area contributed by atoms with Gasteiger partial charge >= 0.3 is 0 Å². The highest BCUT2D eigenvalue weighted by molar-refractivity contribution is 7.80. The molecule has 1 aromatic carbocycles. The van der Waals surface area contributed by atoms with Crippen molar-refractivity contribution in [2.24, 2.45) is 5.73 Å². The molecule has 0 amide bonds. The van der Waals surface area contributed by atoms with Gasteiger partial charge in [-0.05, 0) is 25.1 Å². The second kappa shape index (κ2) is 4.88. The number of rotatable bonds is 3. The van der Waals surface area contributed by atoms with Crippen LogP contribution in [0.15, 0.2) is 36.5 Å². The number of nitrogens with one attached hydrogen (secondary N) is 1. The molecular weight excluding hydrogens is 232 g/mol. The quantitative estimate of drug-likeness (QED) is 0.810. The van der Waals surface area contributed by atoms with Crippen molar-refractivity contribution in [2.45, 2.75) is 6.92 Å². The Kier molecular flexibility index (Phi) is 3.30. The molecule has 0 fully saturated rings. The summed E-state index contributed by atoms with van der Waals surface area (Å²) in [5.41, 5.74) is 8.20. The molecule has 17 heavy (non-hydrogen) atoms. The molecule has 5 heteroatoms. The van der Waals surface area contributed by atoms with Gasteiger partial charge in [-0.2, -0.15) is 0 Å². The Bertz CT molecular complexity index is 536. The highest BCUT2D eigenvalue weighted by Crippen LogP contribution is 2.13. The molecule has 0 saturated carbocycles. The summed E-state index contributed by atoms with van der Waals surface area (Å²) in [4.78, 5) is 8.57. The van der Waals surface area contributed by atoms with E-state index in [2.05, 4.69) is 15.3 Å². The van der Waals surface area contributed by atoms with Crippen LogP contribution in [0.5, 0.6) is 0 Å². The van der Waals surface area contributed by atoms with Gasteiger partial charge in [0.25, 0.3) is 0 Å². The third kappa shape index (κ3) is 2.98. The summed E-state index contributed by atoms with van der Waals surface area (Å²) < 4.78 is 0. The van der Waals surface area contributed by atoms with Crippen molar-refractivity contribution >= 4 is 28.8 Å². The predicted molar refractivity (Wildman–Crippen MR) is 72.4 cm³/mol. The first-order chi connectivity index (χ1) is 8.15. The van der Waals surface area contributed by atoms with Gasteiger partial charge in [-0.1, -0.05) is 29.9 Å². The number of hydrogen-bond donors (Lipinski definition) is 2. The molecule has 0 spiro atoms. The van der Waals surface area contributed by atoms with E-state index in [9.17, 15) is 0 Å². The van der Waals surface area contributed by atoms with Gasteiger partial charge in [0.05, 0.1) is 0 Å². The zero-order valence-corrected chi connectivity index (χ0v) is 10.2. The van der Waals surface area contributed by atoms with Crippen LogP contribution in [0.3, 0.4) is 0 Å². The van der Waals surface area contributed by atoms with E-state index in [-0.39, 0.29) is 4.99 Å². The van der Waals surface area contributed by atoms with E-state index in [1.54, 1.807) is 12.3 Å². The summed E-state index contributed by atoms with van der Waals surface area (Å²) in [6.45, 7) is 2.04. The Hall–Kier alpha value is -2.01. The molecular formula is C12H12N4S. The fourth-order valence-electron chi connectivity index (χ4n) is 1.32. The van der Waals surface area contributed by atoms with E-state index in [4.69, 9.17) is 18.0 Å². The number of nitrogens with two attached hydrogens (primary N) is 1. The lowest BCUT2D eigenvalue weighted by Crippen LogP contribution is -2.12. The minimum Gasteiger partial charge on any atom is -0.388 e. The first kappa shape index (κ1) is 11.5. The maximum Gasteiger partial charge on any atom is 0.227 e. The fraction of sp³-hybridized carbons (Fsp3) is 0.0833. The lowest BCUT2D eigenvalue weighted by atomic mass is 10.2. The molecule has 2 aromatic rings. The average Bonchev–Trinajstić information content (AvgIpc) is 2.32. The molecule has 0 radical (unpaired) electrons. The van der Waals surface area contributed by atoms with E-state index >= 15 is 0 Å². The standard InChI is InChI=1S/C12H12N4S/c1-8-2-4-9(5-3-8)15-12-14-7-6-10(16-12)11(13)17/h2-7H,1H3,(H2,13,17)(H,14,15,16). The minimum absolute atomic E-state index is 0.263. The smallest absolute Gasteiger partial charge is 0.227 e. The average molecular weight is 244 g/mol. The number of nitrogens with zero attached hydrogens (tertiary/aromatic N) is 2. The van der Waals surface area contributed by atoms with Crippen molar-refractivity contribution in [3.63, 3.8) is 0 Å². The second-order valence-corrected chi connectivity index (χ2v) is 4.06. The Morgan fingerprint density at radius 3 is 2.59 bits per heavy atom. The summed E-state index contributed by atoms with van der Waals surface area (Å²) in [5, 5.41) is 3.09. The lowest BCUT2D eigenvalue weighted by molar-refractivity contribution is 1.15. The summed E-state index contributed by atoms with van der Waals surface area (Å²) in [6.07, 6.45) is 1.62. The second-order valence-electron chi connectivity index (χ2n) is 3.62. The van der Waals surface area contributed by atoms with Crippen LogP contribution in [0.25, 0.3) is 0 Å². The van der Waals surface area contributed by atoms with Gasteiger partial charge in [-0.3, -0.25) is 0 Å². The van der Waals surface area contributed by atoms with Crippen molar-refractivity contribution in [1.29, 1.82) is 0 Å². The number of anilines is 2. The van der Waals surface area contributed by atoms with Crippen LogP contribution >= 0.6 is 12.2 Å². The van der Waals surface area contributed by atoms with E-state index in [1.165, 1.54) is 5.56 Å². The summed E-state index contributed by atoms with van der Waals surface area (Å²) >= 11 is 4.86. The first-order valence-corrected chi connectivity index (χ1v) is 5.52. The largest absolute Gasteiger partial charge is 0.388 e. The fourth-order valence-corrected chi connectivity index (χ4v) is 1.44. The third-order valence-electron chi connectivity index (χ3n) is 2.22. The van der Waals surface area contributed by atoms with Gasteiger partial charge in [0.2, 0.25) is 5.95 Å². The van der Waals surface area contributed by atoms with Crippen LogP contribution in [0.2, 0.25) is 0 Å². The molecule has 0 bridgehead atoms. The SMILES string of the molecule is Cc1ccc(Nc2nccc(C(N)=S)n2)cc1. The molecule has 1 aromatic heterocycles. The molecule has 0 aliphatic heterocycles. The number of thiocarbonyl (C=S) groups is 1. The van der Waals surface area contributed by atoms with Crippen molar-refractivity contribution in [3.05, 3.63) is 47.8 Å². The van der Waals surface area contributed by atoms with Crippen molar-refractivity contribution in [1.82, 2.24) is 9.97 Å². The molecule has 0 unspecified atom stereocenters. The first-order valence-electron chi connectivity index (χ1n) is 5.12. The maximum atomic E-state index is 5.51. The zero-order valence-electron chi connectivity index (χ0n) is 9.34. The molecule has 0 aliphatic carbocycles. The van der Waals surface area contributed by atoms with Crippen LogP contribution < -0.4 is 11.1 Å². The van der Waals surface area contributed by atoms with Crippen LogP contribution in [0, 0.1) is 6.92 Å². The molecule has 0 atom stereocenters. The van der Waals surface area contributed by atoms with Crippen LogP contribution in [-0.2, 0) is 0 Å². The maximum absolute atomic E-state index is 5.51. The third-order valence-corrected chi connectivity index (χ3v) is 2.42. The van der Waals surface area contributed by atoms with E-state index in [0.717, 1.165) is 5.69 Å². The van der Waals surface area contributed by atoms with Gasteiger partial charge in [0, 0.05) is 11.9 Å². The van der Waals surface area contributed by atoms with Gasteiger partial charge in [-0.15, -0.1) is 0 Å².